The first-order valence-electron chi connectivity index (χ1n) is 5.98. The van der Waals surface area contributed by atoms with Crippen LogP contribution < -0.4 is 5.32 Å². The molecule has 3 N–H and O–H groups in total. The van der Waals surface area contributed by atoms with Gasteiger partial charge in [0, 0.05) is 0 Å². The highest BCUT2D eigenvalue weighted by Gasteiger charge is 2.38. The number of rotatable bonds is 4. The minimum atomic E-state index is -0.889. The van der Waals surface area contributed by atoms with Crippen LogP contribution in [0, 0.1) is 11.8 Å². The zero-order valence-corrected chi connectivity index (χ0v) is 10.1. The molecule has 2 rings (SSSR count). The maximum absolute atomic E-state index is 12.0. The van der Waals surface area contributed by atoms with Crippen LogP contribution in [0.5, 0.6) is 0 Å². The molecule has 7 nitrogen and oxygen atoms in total. The number of aromatic nitrogens is 3. The van der Waals surface area contributed by atoms with Crippen LogP contribution in [0.3, 0.4) is 0 Å². The quantitative estimate of drug-likeness (QED) is 0.722. The van der Waals surface area contributed by atoms with Crippen LogP contribution in [-0.2, 0) is 9.59 Å². The van der Waals surface area contributed by atoms with Crippen LogP contribution in [-0.4, -0.2) is 32.2 Å². The van der Waals surface area contributed by atoms with Gasteiger partial charge in [0.05, 0.1) is 17.9 Å². The summed E-state index contributed by atoms with van der Waals surface area (Å²) < 4.78 is 0. The van der Waals surface area contributed by atoms with Crippen LogP contribution in [0.1, 0.15) is 38.1 Å². The summed E-state index contributed by atoms with van der Waals surface area (Å²) in [4.78, 5) is 27.0. The minimum absolute atomic E-state index is 0.219. The normalized spacial score (nSPS) is 24.7. The summed E-state index contributed by atoms with van der Waals surface area (Å²) in [5.74, 6) is -1.54. The maximum Gasteiger partial charge on any atom is 0.307 e. The number of hydrogen-bond donors (Lipinski definition) is 3. The van der Waals surface area contributed by atoms with E-state index in [0.29, 0.717) is 18.7 Å². The number of carboxylic acids is 1. The molecule has 1 aliphatic carbocycles. The van der Waals surface area contributed by atoms with Crippen LogP contribution in [0.4, 0.5) is 0 Å². The number of carbonyl (C=O) groups is 2. The molecule has 3 atom stereocenters. The van der Waals surface area contributed by atoms with Crippen molar-refractivity contribution in [3.05, 3.63) is 12.2 Å². The molecule has 0 radical (unpaired) electrons. The fraction of sp³-hybridized carbons (Fsp3) is 0.636. The molecule has 0 aliphatic heterocycles. The van der Waals surface area contributed by atoms with Gasteiger partial charge in [0.25, 0.3) is 0 Å². The van der Waals surface area contributed by atoms with Gasteiger partial charge in [0.2, 0.25) is 5.91 Å². The summed E-state index contributed by atoms with van der Waals surface area (Å²) in [5, 5.41) is 18.2. The molecule has 1 amide bonds. The average Bonchev–Trinajstić information content (AvgIpc) is 3.00. The minimum Gasteiger partial charge on any atom is -0.481 e. The SMILES string of the molecule is CC(NC(=O)[C@@H]1CCC[C@@H]1C(=O)O)c1ncn[nH]1. The Morgan fingerprint density at radius 2 is 2.22 bits per heavy atom. The summed E-state index contributed by atoms with van der Waals surface area (Å²) in [5.41, 5.74) is 0. The van der Waals surface area contributed by atoms with E-state index < -0.39 is 17.8 Å². The van der Waals surface area contributed by atoms with Crippen molar-refractivity contribution in [2.45, 2.75) is 32.2 Å². The molecule has 1 unspecified atom stereocenters. The summed E-state index contributed by atoms with van der Waals surface area (Å²) in [6.45, 7) is 1.78. The monoisotopic (exact) mass is 252 g/mol. The molecule has 0 aromatic carbocycles. The number of H-pyrrole nitrogens is 1. The number of aromatic amines is 1. The lowest BCUT2D eigenvalue weighted by Gasteiger charge is -2.18. The fourth-order valence-corrected chi connectivity index (χ4v) is 2.38. The second-order valence-corrected chi connectivity index (χ2v) is 4.58. The second kappa shape index (κ2) is 5.16. The maximum atomic E-state index is 12.0. The summed E-state index contributed by atoms with van der Waals surface area (Å²) >= 11 is 0. The van der Waals surface area contributed by atoms with E-state index in [1.54, 1.807) is 6.92 Å². The topological polar surface area (TPSA) is 108 Å². The third-order valence-corrected chi connectivity index (χ3v) is 3.37. The standard InChI is InChI=1S/C11H16N4O3/c1-6(9-12-5-13-15-9)14-10(16)7-3-2-4-8(7)11(17)18/h5-8H,2-4H2,1H3,(H,14,16)(H,17,18)(H,12,13,15)/t6?,7-,8+/m1/s1. The number of hydrogen-bond acceptors (Lipinski definition) is 4. The van der Waals surface area contributed by atoms with E-state index >= 15 is 0 Å². The van der Waals surface area contributed by atoms with E-state index in [9.17, 15) is 9.59 Å². The first-order valence-corrected chi connectivity index (χ1v) is 5.98. The van der Waals surface area contributed by atoms with Gasteiger partial charge in [0.1, 0.15) is 12.2 Å². The van der Waals surface area contributed by atoms with E-state index in [-0.39, 0.29) is 11.9 Å². The van der Waals surface area contributed by atoms with Gasteiger partial charge < -0.3 is 10.4 Å². The molecule has 1 saturated carbocycles. The Kier molecular flexibility index (Phi) is 3.59. The Morgan fingerprint density at radius 1 is 1.50 bits per heavy atom. The van der Waals surface area contributed by atoms with Crippen molar-refractivity contribution in [2.24, 2.45) is 11.8 Å². The Balaban J connectivity index is 1.97. The number of nitrogens with zero attached hydrogens (tertiary/aromatic N) is 2. The molecule has 1 fully saturated rings. The number of nitrogens with one attached hydrogen (secondary N) is 2. The van der Waals surface area contributed by atoms with Crippen molar-refractivity contribution in [2.75, 3.05) is 0 Å². The summed E-state index contributed by atoms with van der Waals surface area (Å²) in [7, 11) is 0. The molecular formula is C11H16N4O3. The molecule has 98 valence electrons. The Labute approximate surface area is 104 Å². The molecule has 1 aromatic rings. The lowest BCUT2D eigenvalue weighted by molar-refractivity contribution is -0.146. The van der Waals surface area contributed by atoms with E-state index in [2.05, 4.69) is 20.5 Å². The van der Waals surface area contributed by atoms with E-state index in [1.165, 1.54) is 6.33 Å². The molecule has 0 spiro atoms. The third kappa shape index (κ3) is 2.49. The van der Waals surface area contributed by atoms with Gasteiger partial charge in [-0.25, -0.2) is 4.98 Å². The Hall–Kier alpha value is -1.92. The highest BCUT2D eigenvalue weighted by molar-refractivity contribution is 5.85. The van der Waals surface area contributed by atoms with E-state index in [1.807, 2.05) is 0 Å². The molecular weight excluding hydrogens is 236 g/mol. The largest absolute Gasteiger partial charge is 0.481 e. The van der Waals surface area contributed by atoms with Gasteiger partial charge in [-0.15, -0.1) is 0 Å². The fourth-order valence-electron chi connectivity index (χ4n) is 2.38. The molecule has 7 heteroatoms. The lowest BCUT2D eigenvalue weighted by atomic mass is 9.95. The van der Waals surface area contributed by atoms with Gasteiger partial charge >= 0.3 is 5.97 Å². The molecule has 0 saturated heterocycles. The second-order valence-electron chi connectivity index (χ2n) is 4.58. The van der Waals surface area contributed by atoms with Crippen LogP contribution >= 0.6 is 0 Å². The Morgan fingerprint density at radius 3 is 2.83 bits per heavy atom. The number of amides is 1. The average molecular weight is 252 g/mol. The lowest BCUT2D eigenvalue weighted by Crippen LogP contribution is -2.37. The van der Waals surface area contributed by atoms with Gasteiger partial charge in [-0.2, -0.15) is 5.10 Å². The van der Waals surface area contributed by atoms with Crippen LogP contribution in [0.2, 0.25) is 0 Å². The van der Waals surface area contributed by atoms with Gasteiger partial charge in [-0.05, 0) is 19.8 Å². The zero-order chi connectivity index (χ0) is 13.1. The van der Waals surface area contributed by atoms with Gasteiger partial charge in [-0.3, -0.25) is 14.7 Å². The Bertz CT molecular complexity index is 432. The van der Waals surface area contributed by atoms with Crippen LogP contribution in [0.15, 0.2) is 6.33 Å². The predicted octanol–water partition coefficient (Wildman–Crippen LogP) is 0.483. The predicted molar refractivity (Wildman–Crippen MR) is 61.4 cm³/mol. The van der Waals surface area contributed by atoms with Crippen LogP contribution in [0.25, 0.3) is 0 Å². The van der Waals surface area contributed by atoms with Crippen molar-refractivity contribution >= 4 is 11.9 Å². The highest BCUT2D eigenvalue weighted by Crippen LogP contribution is 2.32. The molecule has 1 heterocycles. The van der Waals surface area contributed by atoms with Crippen molar-refractivity contribution in [1.82, 2.24) is 20.5 Å². The molecule has 0 bridgehead atoms. The number of carbonyl (C=O) groups excluding carboxylic acids is 1. The number of carboxylic acid groups (broad SMARTS) is 1. The number of aliphatic carboxylic acids is 1. The van der Waals surface area contributed by atoms with E-state index in [0.717, 1.165) is 6.42 Å². The summed E-state index contributed by atoms with van der Waals surface area (Å²) in [6, 6.07) is -0.296. The third-order valence-electron chi connectivity index (χ3n) is 3.37. The van der Waals surface area contributed by atoms with Crippen molar-refractivity contribution < 1.29 is 14.7 Å². The molecule has 18 heavy (non-hydrogen) atoms. The van der Waals surface area contributed by atoms with Gasteiger partial charge in [0.15, 0.2) is 0 Å². The van der Waals surface area contributed by atoms with Crippen molar-refractivity contribution in [1.29, 1.82) is 0 Å². The summed E-state index contributed by atoms with van der Waals surface area (Å²) in [6.07, 6.45) is 3.36. The zero-order valence-electron chi connectivity index (χ0n) is 10.1. The van der Waals surface area contributed by atoms with E-state index in [4.69, 9.17) is 5.11 Å². The smallest absolute Gasteiger partial charge is 0.307 e. The first-order chi connectivity index (χ1) is 8.59. The molecule has 1 aliphatic rings. The highest BCUT2D eigenvalue weighted by atomic mass is 16.4. The van der Waals surface area contributed by atoms with Crippen molar-refractivity contribution in [3.63, 3.8) is 0 Å². The van der Waals surface area contributed by atoms with Crippen molar-refractivity contribution in [3.8, 4) is 0 Å². The first kappa shape index (κ1) is 12.5. The van der Waals surface area contributed by atoms with Gasteiger partial charge in [-0.1, -0.05) is 6.42 Å². The molecule has 1 aromatic heterocycles.